The van der Waals surface area contributed by atoms with Crippen LogP contribution in [-0.4, -0.2) is 22.9 Å². The van der Waals surface area contributed by atoms with Crippen LogP contribution in [0.2, 0.25) is 0 Å². The molecule has 1 aromatic carbocycles. The highest BCUT2D eigenvalue weighted by Crippen LogP contribution is 2.21. The number of aromatic hydroxyl groups is 1. The largest absolute Gasteiger partial charge is 0.503 e. The number of phenols is 1. The van der Waals surface area contributed by atoms with Gasteiger partial charge in [-0.25, -0.2) is 8.78 Å². The molecule has 0 saturated heterocycles. The summed E-state index contributed by atoms with van der Waals surface area (Å²) < 4.78 is 25.8. The minimum absolute atomic E-state index is 0.241. The van der Waals surface area contributed by atoms with Crippen molar-refractivity contribution in [2.75, 3.05) is 6.54 Å². The summed E-state index contributed by atoms with van der Waals surface area (Å²) in [6.45, 7) is 2.44. The van der Waals surface area contributed by atoms with Gasteiger partial charge in [-0.15, -0.1) is 0 Å². The lowest BCUT2D eigenvalue weighted by atomic mass is 10.2. The van der Waals surface area contributed by atoms with Gasteiger partial charge in [0.2, 0.25) is 0 Å². The number of aliphatic hydroxyl groups is 1. The van der Waals surface area contributed by atoms with E-state index in [2.05, 4.69) is 5.32 Å². The van der Waals surface area contributed by atoms with Gasteiger partial charge in [-0.2, -0.15) is 0 Å². The molecule has 16 heavy (non-hydrogen) atoms. The Kier molecular flexibility index (Phi) is 4.64. The van der Waals surface area contributed by atoms with Gasteiger partial charge in [0, 0.05) is 13.1 Å². The van der Waals surface area contributed by atoms with E-state index in [1.807, 2.05) is 6.92 Å². The van der Waals surface area contributed by atoms with E-state index in [1.54, 1.807) is 0 Å². The van der Waals surface area contributed by atoms with Crippen LogP contribution >= 0.6 is 0 Å². The average molecular weight is 231 g/mol. The number of hydrogen-bond acceptors (Lipinski definition) is 3. The lowest BCUT2D eigenvalue weighted by Crippen LogP contribution is -2.25. The fourth-order valence-electron chi connectivity index (χ4n) is 1.25. The molecule has 0 aliphatic heterocycles. The Hall–Kier alpha value is -1.20. The fraction of sp³-hybridized carbons (Fsp3) is 0.455. The van der Waals surface area contributed by atoms with E-state index >= 15 is 0 Å². The summed E-state index contributed by atoms with van der Waals surface area (Å²) in [6.07, 6.45) is 0.150. The summed E-state index contributed by atoms with van der Waals surface area (Å²) >= 11 is 0. The molecule has 1 atom stereocenters. The van der Waals surface area contributed by atoms with Crippen molar-refractivity contribution in [1.82, 2.24) is 5.32 Å². The standard InChI is InChI=1S/C11H15F2NO2/c1-2-8(15)6-14-5-7-3-9(12)11(16)10(13)4-7/h3-4,8,14-16H,2,5-6H2,1H3. The molecule has 0 bridgehead atoms. The fourth-order valence-corrected chi connectivity index (χ4v) is 1.25. The number of rotatable bonds is 5. The number of phenolic OH excluding ortho intramolecular Hbond substituents is 1. The first-order chi connectivity index (χ1) is 7.54. The Morgan fingerprint density at radius 1 is 1.31 bits per heavy atom. The summed E-state index contributed by atoms with van der Waals surface area (Å²) in [5.74, 6) is -2.92. The molecule has 1 unspecified atom stereocenters. The van der Waals surface area contributed by atoms with Gasteiger partial charge in [0.1, 0.15) is 0 Å². The van der Waals surface area contributed by atoms with Crippen LogP contribution < -0.4 is 5.32 Å². The molecular formula is C11H15F2NO2. The third-order valence-electron chi connectivity index (χ3n) is 2.26. The van der Waals surface area contributed by atoms with Crippen molar-refractivity contribution in [2.45, 2.75) is 26.0 Å². The predicted molar refractivity (Wildman–Crippen MR) is 56.0 cm³/mol. The molecule has 0 aliphatic rings. The normalized spacial score (nSPS) is 12.8. The van der Waals surface area contributed by atoms with Crippen molar-refractivity contribution >= 4 is 0 Å². The zero-order chi connectivity index (χ0) is 12.1. The van der Waals surface area contributed by atoms with Gasteiger partial charge in [0.25, 0.3) is 0 Å². The SMILES string of the molecule is CCC(O)CNCc1cc(F)c(O)c(F)c1. The number of benzene rings is 1. The molecule has 0 spiro atoms. The molecule has 0 fully saturated rings. The van der Waals surface area contributed by atoms with Crippen LogP contribution in [0.4, 0.5) is 8.78 Å². The summed E-state index contributed by atoms with van der Waals surface area (Å²) in [7, 11) is 0. The molecule has 3 N–H and O–H groups in total. The Morgan fingerprint density at radius 2 is 1.88 bits per heavy atom. The van der Waals surface area contributed by atoms with Crippen LogP contribution in [-0.2, 0) is 6.54 Å². The second-order valence-electron chi connectivity index (χ2n) is 3.60. The number of aliphatic hydroxyl groups excluding tert-OH is 1. The van der Waals surface area contributed by atoms with E-state index in [9.17, 15) is 13.9 Å². The second kappa shape index (κ2) is 5.77. The monoisotopic (exact) mass is 231 g/mol. The van der Waals surface area contributed by atoms with E-state index in [4.69, 9.17) is 5.11 Å². The molecule has 3 nitrogen and oxygen atoms in total. The molecular weight excluding hydrogens is 216 g/mol. The van der Waals surface area contributed by atoms with Gasteiger partial charge in [0.15, 0.2) is 17.4 Å². The second-order valence-corrected chi connectivity index (χ2v) is 3.60. The Bertz CT molecular complexity index is 335. The molecule has 90 valence electrons. The third kappa shape index (κ3) is 3.43. The zero-order valence-corrected chi connectivity index (χ0v) is 9.00. The molecule has 0 aromatic heterocycles. The molecule has 1 aromatic rings. The van der Waals surface area contributed by atoms with Gasteiger partial charge < -0.3 is 15.5 Å². The van der Waals surface area contributed by atoms with Crippen LogP contribution in [0.5, 0.6) is 5.75 Å². The molecule has 5 heteroatoms. The quantitative estimate of drug-likeness (QED) is 0.720. The van der Waals surface area contributed by atoms with E-state index in [1.165, 1.54) is 0 Å². The minimum Gasteiger partial charge on any atom is -0.503 e. The Balaban J connectivity index is 2.55. The van der Waals surface area contributed by atoms with Crippen LogP contribution in [0.3, 0.4) is 0 Å². The zero-order valence-electron chi connectivity index (χ0n) is 9.00. The van der Waals surface area contributed by atoms with Gasteiger partial charge in [0.05, 0.1) is 6.10 Å². The minimum atomic E-state index is -0.979. The maximum absolute atomic E-state index is 12.9. The van der Waals surface area contributed by atoms with Crippen LogP contribution in [0.25, 0.3) is 0 Å². The summed E-state index contributed by atoms with van der Waals surface area (Å²) in [5.41, 5.74) is 0.385. The lowest BCUT2D eigenvalue weighted by molar-refractivity contribution is 0.167. The molecule has 1 rings (SSSR count). The van der Waals surface area contributed by atoms with Crippen molar-refractivity contribution in [3.8, 4) is 5.75 Å². The topological polar surface area (TPSA) is 52.5 Å². The number of halogens is 2. The van der Waals surface area contributed by atoms with Gasteiger partial charge >= 0.3 is 0 Å². The van der Waals surface area contributed by atoms with E-state index in [0.29, 0.717) is 18.5 Å². The van der Waals surface area contributed by atoms with Crippen LogP contribution in [0.1, 0.15) is 18.9 Å². The molecule has 0 saturated carbocycles. The lowest BCUT2D eigenvalue weighted by Gasteiger charge is -2.09. The molecule has 0 heterocycles. The highest BCUT2D eigenvalue weighted by atomic mass is 19.1. The van der Waals surface area contributed by atoms with Gasteiger partial charge in [-0.05, 0) is 24.1 Å². The maximum atomic E-state index is 12.9. The third-order valence-corrected chi connectivity index (χ3v) is 2.26. The summed E-state index contributed by atoms with van der Waals surface area (Å²) in [6, 6.07) is 2.12. The van der Waals surface area contributed by atoms with Gasteiger partial charge in [-0.1, -0.05) is 6.92 Å². The average Bonchev–Trinajstić information content (AvgIpc) is 2.25. The van der Waals surface area contributed by atoms with E-state index in [-0.39, 0.29) is 6.54 Å². The van der Waals surface area contributed by atoms with Crippen molar-refractivity contribution in [3.05, 3.63) is 29.3 Å². The molecule has 0 aliphatic carbocycles. The van der Waals surface area contributed by atoms with E-state index in [0.717, 1.165) is 12.1 Å². The number of hydrogen-bond donors (Lipinski definition) is 3. The van der Waals surface area contributed by atoms with Crippen molar-refractivity contribution in [3.63, 3.8) is 0 Å². The van der Waals surface area contributed by atoms with Gasteiger partial charge in [-0.3, -0.25) is 0 Å². The molecule has 0 amide bonds. The highest BCUT2D eigenvalue weighted by molar-refractivity contribution is 5.29. The smallest absolute Gasteiger partial charge is 0.187 e. The van der Waals surface area contributed by atoms with Crippen molar-refractivity contribution < 1.29 is 19.0 Å². The van der Waals surface area contributed by atoms with E-state index < -0.39 is 23.5 Å². The summed E-state index contributed by atoms with van der Waals surface area (Å²) in [4.78, 5) is 0. The summed E-state index contributed by atoms with van der Waals surface area (Å²) in [5, 5.41) is 21.0. The Morgan fingerprint density at radius 3 is 2.38 bits per heavy atom. The predicted octanol–water partition coefficient (Wildman–Crippen LogP) is 1.53. The molecule has 0 radical (unpaired) electrons. The first kappa shape index (κ1) is 12.9. The van der Waals surface area contributed by atoms with Crippen molar-refractivity contribution in [1.29, 1.82) is 0 Å². The van der Waals surface area contributed by atoms with Crippen molar-refractivity contribution in [2.24, 2.45) is 0 Å². The maximum Gasteiger partial charge on any atom is 0.187 e. The first-order valence-electron chi connectivity index (χ1n) is 5.10. The van der Waals surface area contributed by atoms with Crippen LogP contribution in [0.15, 0.2) is 12.1 Å². The Labute approximate surface area is 92.7 Å². The highest BCUT2D eigenvalue weighted by Gasteiger charge is 2.09. The number of nitrogens with one attached hydrogen (secondary N) is 1. The first-order valence-corrected chi connectivity index (χ1v) is 5.10. The van der Waals surface area contributed by atoms with Crippen LogP contribution in [0, 0.1) is 11.6 Å².